The normalized spacial score (nSPS) is 16.8. The van der Waals surface area contributed by atoms with Crippen LogP contribution in [-0.2, 0) is 16.0 Å². The molecule has 1 atom stereocenters. The SMILES string of the molecule is C=CCNC(=O)CC[C@H]1NC(=O)N(CCc2c[nH]c3ccccc23)C1=O. The third-order valence-electron chi connectivity index (χ3n) is 4.49. The van der Waals surface area contributed by atoms with E-state index in [1.54, 1.807) is 6.08 Å². The molecule has 0 spiro atoms. The summed E-state index contributed by atoms with van der Waals surface area (Å²) in [7, 11) is 0. The Hall–Kier alpha value is -3.09. The van der Waals surface area contributed by atoms with Gasteiger partial charge in [-0.15, -0.1) is 6.58 Å². The van der Waals surface area contributed by atoms with E-state index < -0.39 is 12.1 Å². The van der Waals surface area contributed by atoms with Gasteiger partial charge in [0.2, 0.25) is 5.91 Å². The van der Waals surface area contributed by atoms with Gasteiger partial charge in [-0.3, -0.25) is 14.5 Å². The van der Waals surface area contributed by atoms with E-state index in [1.807, 2.05) is 30.5 Å². The summed E-state index contributed by atoms with van der Waals surface area (Å²) in [5.74, 6) is -0.435. The number of rotatable bonds is 8. The van der Waals surface area contributed by atoms with Gasteiger partial charge in [-0.05, 0) is 24.5 Å². The zero-order valence-corrected chi connectivity index (χ0v) is 14.5. The minimum Gasteiger partial charge on any atom is -0.361 e. The summed E-state index contributed by atoms with van der Waals surface area (Å²) in [6.07, 6.45) is 4.55. The second-order valence-corrected chi connectivity index (χ2v) is 6.23. The van der Waals surface area contributed by atoms with E-state index in [0.717, 1.165) is 16.5 Å². The third-order valence-corrected chi connectivity index (χ3v) is 4.49. The minimum atomic E-state index is -0.639. The first kappa shape index (κ1) is 17.7. The van der Waals surface area contributed by atoms with Crippen LogP contribution in [0.2, 0.25) is 0 Å². The van der Waals surface area contributed by atoms with E-state index in [1.165, 1.54) is 4.90 Å². The van der Waals surface area contributed by atoms with Gasteiger partial charge in [-0.1, -0.05) is 24.3 Å². The maximum atomic E-state index is 12.5. The van der Waals surface area contributed by atoms with Gasteiger partial charge >= 0.3 is 6.03 Å². The number of benzene rings is 1. The highest BCUT2D eigenvalue weighted by Gasteiger charge is 2.37. The second kappa shape index (κ2) is 7.86. The molecule has 0 saturated carbocycles. The topological polar surface area (TPSA) is 94.3 Å². The number of nitrogens with one attached hydrogen (secondary N) is 3. The Morgan fingerprint density at radius 3 is 2.92 bits per heavy atom. The number of amides is 4. The summed E-state index contributed by atoms with van der Waals surface area (Å²) in [6.45, 7) is 4.23. The van der Waals surface area contributed by atoms with Gasteiger partial charge in [0.15, 0.2) is 0 Å². The average Bonchev–Trinajstić information content (AvgIpc) is 3.17. The molecule has 136 valence electrons. The van der Waals surface area contributed by atoms with Crippen molar-refractivity contribution in [1.29, 1.82) is 0 Å². The third kappa shape index (κ3) is 3.77. The Labute approximate surface area is 151 Å². The summed E-state index contributed by atoms with van der Waals surface area (Å²) in [6, 6.07) is 6.88. The fourth-order valence-corrected chi connectivity index (χ4v) is 3.10. The number of para-hydroxylation sites is 1. The van der Waals surface area contributed by atoms with Crippen LogP contribution in [0.3, 0.4) is 0 Å². The lowest BCUT2D eigenvalue weighted by Gasteiger charge is -2.12. The highest BCUT2D eigenvalue weighted by Crippen LogP contribution is 2.19. The first-order chi connectivity index (χ1) is 12.6. The number of urea groups is 1. The number of hydrogen-bond acceptors (Lipinski definition) is 3. The molecule has 2 aromatic rings. The first-order valence-corrected chi connectivity index (χ1v) is 8.64. The van der Waals surface area contributed by atoms with E-state index in [2.05, 4.69) is 22.2 Å². The lowest BCUT2D eigenvalue weighted by Crippen LogP contribution is -2.34. The molecule has 0 radical (unpaired) electrons. The van der Waals surface area contributed by atoms with E-state index in [-0.39, 0.29) is 24.7 Å². The number of carbonyl (C=O) groups excluding carboxylic acids is 3. The number of aromatic amines is 1. The summed E-state index contributed by atoms with van der Waals surface area (Å²) in [4.78, 5) is 40.6. The predicted octanol–water partition coefficient (Wildman–Crippen LogP) is 1.71. The van der Waals surface area contributed by atoms with Crippen LogP contribution in [0.4, 0.5) is 4.79 Å². The smallest absolute Gasteiger partial charge is 0.324 e. The Kier molecular flexibility index (Phi) is 5.36. The van der Waals surface area contributed by atoms with Crippen LogP contribution in [0.5, 0.6) is 0 Å². The molecular formula is C19H22N4O3. The van der Waals surface area contributed by atoms with E-state index in [0.29, 0.717) is 19.5 Å². The number of nitrogens with zero attached hydrogens (tertiary/aromatic N) is 1. The van der Waals surface area contributed by atoms with Gasteiger partial charge in [-0.25, -0.2) is 4.79 Å². The van der Waals surface area contributed by atoms with Crippen LogP contribution in [-0.4, -0.2) is 46.9 Å². The molecule has 1 aromatic heterocycles. The maximum absolute atomic E-state index is 12.5. The summed E-state index contributed by atoms with van der Waals surface area (Å²) < 4.78 is 0. The average molecular weight is 354 g/mol. The molecular weight excluding hydrogens is 332 g/mol. The standard InChI is InChI=1S/C19H22N4O3/c1-2-10-20-17(24)8-7-16-18(25)23(19(26)22-16)11-9-13-12-21-15-6-4-3-5-14(13)15/h2-6,12,16,21H,1,7-11H2,(H,20,24)(H,22,26)/t16-/m1/s1. The van der Waals surface area contributed by atoms with Crippen molar-refractivity contribution in [3.05, 3.63) is 48.7 Å². The number of H-pyrrole nitrogens is 1. The van der Waals surface area contributed by atoms with E-state index in [4.69, 9.17) is 0 Å². The molecule has 3 N–H and O–H groups in total. The van der Waals surface area contributed by atoms with Crippen molar-refractivity contribution in [2.75, 3.05) is 13.1 Å². The van der Waals surface area contributed by atoms with Gasteiger partial charge in [0.05, 0.1) is 0 Å². The van der Waals surface area contributed by atoms with Crippen molar-refractivity contribution in [2.24, 2.45) is 0 Å². The monoisotopic (exact) mass is 354 g/mol. The molecule has 1 fully saturated rings. The lowest BCUT2D eigenvalue weighted by molar-refractivity contribution is -0.127. The summed E-state index contributed by atoms with van der Waals surface area (Å²) in [5.41, 5.74) is 2.09. The van der Waals surface area contributed by atoms with Gasteiger partial charge in [-0.2, -0.15) is 0 Å². The van der Waals surface area contributed by atoms with Gasteiger partial charge in [0, 0.05) is 36.6 Å². The van der Waals surface area contributed by atoms with Crippen molar-refractivity contribution >= 4 is 28.7 Å². The molecule has 1 aliphatic rings. The Morgan fingerprint density at radius 2 is 2.12 bits per heavy atom. The highest BCUT2D eigenvalue weighted by atomic mass is 16.2. The number of imide groups is 1. The molecule has 0 bridgehead atoms. The van der Waals surface area contributed by atoms with Crippen LogP contribution in [0.25, 0.3) is 10.9 Å². The van der Waals surface area contributed by atoms with Crippen molar-refractivity contribution in [2.45, 2.75) is 25.3 Å². The lowest BCUT2D eigenvalue weighted by atomic mass is 10.1. The maximum Gasteiger partial charge on any atom is 0.324 e. The van der Waals surface area contributed by atoms with Crippen LogP contribution >= 0.6 is 0 Å². The largest absolute Gasteiger partial charge is 0.361 e. The highest BCUT2D eigenvalue weighted by molar-refractivity contribution is 6.04. The fraction of sp³-hybridized carbons (Fsp3) is 0.316. The van der Waals surface area contributed by atoms with Crippen molar-refractivity contribution in [3.63, 3.8) is 0 Å². The zero-order chi connectivity index (χ0) is 18.5. The number of carbonyl (C=O) groups is 3. The van der Waals surface area contributed by atoms with Crippen LogP contribution < -0.4 is 10.6 Å². The molecule has 2 heterocycles. The van der Waals surface area contributed by atoms with Gasteiger partial charge in [0.1, 0.15) is 6.04 Å². The second-order valence-electron chi connectivity index (χ2n) is 6.23. The quantitative estimate of drug-likeness (QED) is 0.498. The summed E-state index contributed by atoms with van der Waals surface area (Å²) >= 11 is 0. The molecule has 1 aliphatic heterocycles. The Bertz CT molecular complexity index is 842. The zero-order valence-electron chi connectivity index (χ0n) is 14.5. The van der Waals surface area contributed by atoms with Crippen LogP contribution in [0.15, 0.2) is 43.1 Å². The molecule has 0 unspecified atom stereocenters. The van der Waals surface area contributed by atoms with Crippen LogP contribution in [0, 0.1) is 0 Å². The molecule has 0 aliphatic carbocycles. The van der Waals surface area contributed by atoms with E-state index in [9.17, 15) is 14.4 Å². The molecule has 7 nitrogen and oxygen atoms in total. The molecule has 26 heavy (non-hydrogen) atoms. The first-order valence-electron chi connectivity index (χ1n) is 8.64. The van der Waals surface area contributed by atoms with Crippen LogP contribution in [0.1, 0.15) is 18.4 Å². The molecule has 1 saturated heterocycles. The van der Waals surface area contributed by atoms with Gasteiger partial charge in [0.25, 0.3) is 5.91 Å². The van der Waals surface area contributed by atoms with E-state index >= 15 is 0 Å². The number of fused-ring (bicyclic) bond motifs is 1. The molecule has 7 heteroatoms. The van der Waals surface area contributed by atoms with Crippen molar-refractivity contribution in [3.8, 4) is 0 Å². The Morgan fingerprint density at radius 1 is 1.31 bits per heavy atom. The van der Waals surface area contributed by atoms with Crippen molar-refractivity contribution < 1.29 is 14.4 Å². The minimum absolute atomic E-state index is 0.163. The molecule has 1 aromatic carbocycles. The Balaban J connectivity index is 1.55. The fourth-order valence-electron chi connectivity index (χ4n) is 3.10. The number of aromatic nitrogens is 1. The predicted molar refractivity (Wildman–Crippen MR) is 98.5 cm³/mol. The molecule has 3 rings (SSSR count). The van der Waals surface area contributed by atoms with Gasteiger partial charge < -0.3 is 15.6 Å². The summed E-state index contributed by atoms with van der Waals surface area (Å²) in [5, 5.41) is 6.41. The number of hydrogen-bond donors (Lipinski definition) is 3. The van der Waals surface area contributed by atoms with Crippen molar-refractivity contribution in [1.82, 2.24) is 20.5 Å². The molecule has 4 amide bonds.